The predicted octanol–water partition coefficient (Wildman–Crippen LogP) is 2.92. The number of carbonyl (C=O) groups excluding carboxylic acids is 2. The maximum absolute atomic E-state index is 12.3. The van der Waals surface area contributed by atoms with Crippen LogP contribution in [0.1, 0.15) is 28.2 Å². The fourth-order valence-corrected chi connectivity index (χ4v) is 2.84. The summed E-state index contributed by atoms with van der Waals surface area (Å²) in [5, 5.41) is 7.80. The molecule has 0 radical (unpaired) electrons. The van der Waals surface area contributed by atoms with Crippen LogP contribution in [0.5, 0.6) is 0 Å². The van der Waals surface area contributed by atoms with Crippen molar-refractivity contribution in [3.05, 3.63) is 71.5 Å². The summed E-state index contributed by atoms with van der Waals surface area (Å²) in [6.07, 6.45) is 0.253. The highest BCUT2D eigenvalue weighted by Crippen LogP contribution is 2.15. The lowest BCUT2D eigenvalue weighted by atomic mass is 10.1. The number of hydrogen-bond acceptors (Lipinski definition) is 2. The monoisotopic (exact) mass is 349 g/mol. The topological polar surface area (TPSA) is 63.1 Å². The smallest absolute Gasteiger partial charge is 0.251 e. The van der Waals surface area contributed by atoms with Crippen molar-refractivity contribution in [1.29, 1.82) is 0 Å². The van der Waals surface area contributed by atoms with E-state index in [4.69, 9.17) is 0 Å². The van der Waals surface area contributed by atoms with Gasteiger partial charge in [-0.1, -0.05) is 30.3 Å². The minimum Gasteiger partial charge on any atom is -0.352 e. The quantitative estimate of drug-likeness (QED) is 0.719. The summed E-state index contributed by atoms with van der Waals surface area (Å²) >= 11 is 0. The molecule has 0 bridgehead atoms. The van der Waals surface area contributed by atoms with E-state index in [-0.39, 0.29) is 18.2 Å². The lowest BCUT2D eigenvalue weighted by Crippen LogP contribution is -2.30. The van der Waals surface area contributed by atoms with Gasteiger partial charge in [-0.05, 0) is 42.0 Å². The third-order valence-electron chi connectivity index (χ3n) is 4.59. The second-order valence-electron chi connectivity index (χ2n) is 6.37. The third kappa shape index (κ3) is 4.11. The van der Waals surface area contributed by atoms with Gasteiger partial charge in [-0.15, -0.1) is 0 Å². The van der Waals surface area contributed by atoms with E-state index in [1.807, 2.05) is 67.1 Å². The molecule has 0 spiro atoms. The van der Waals surface area contributed by atoms with Crippen molar-refractivity contribution in [2.75, 3.05) is 6.54 Å². The van der Waals surface area contributed by atoms with Crippen molar-refractivity contribution < 1.29 is 9.59 Å². The minimum absolute atomic E-state index is 0.0809. The summed E-state index contributed by atoms with van der Waals surface area (Å²) in [6.45, 7) is 2.82. The van der Waals surface area contributed by atoms with E-state index in [9.17, 15) is 9.59 Å². The number of aryl methyl sites for hydroxylation is 1. The van der Waals surface area contributed by atoms with Gasteiger partial charge >= 0.3 is 0 Å². The molecule has 1 heterocycles. The maximum atomic E-state index is 12.3. The molecule has 0 saturated carbocycles. The molecule has 0 atom stereocenters. The van der Waals surface area contributed by atoms with Gasteiger partial charge in [-0.25, -0.2) is 0 Å². The van der Waals surface area contributed by atoms with Crippen LogP contribution >= 0.6 is 0 Å². The molecule has 134 valence electrons. The van der Waals surface area contributed by atoms with Crippen molar-refractivity contribution in [3.63, 3.8) is 0 Å². The molecule has 0 aliphatic rings. The average Bonchev–Trinajstić information content (AvgIpc) is 2.98. The van der Waals surface area contributed by atoms with E-state index < -0.39 is 0 Å². The molecule has 1 aromatic heterocycles. The largest absolute Gasteiger partial charge is 0.352 e. The summed E-state index contributed by atoms with van der Waals surface area (Å²) in [7, 11) is 1.97. The molecule has 5 nitrogen and oxygen atoms in total. The molecule has 2 N–H and O–H groups in total. The van der Waals surface area contributed by atoms with Crippen LogP contribution in [0, 0.1) is 6.92 Å². The van der Waals surface area contributed by atoms with Crippen molar-refractivity contribution in [3.8, 4) is 0 Å². The molecule has 5 heteroatoms. The van der Waals surface area contributed by atoms with Crippen LogP contribution < -0.4 is 10.6 Å². The van der Waals surface area contributed by atoms with Crippen LogP contribution in [0.4, 0.5) is 0 Å². The van der Waals surface area contributed by atoms with E-state index in [2.05, 4.69) is 10.6 Å². The van der Waals surface area contributed by atoms with Crippen LogP contribution in [0.15, 0.2) is 54.6 Å². The standard InChI is InChI=1S/C21H23N3O2/c1-15-7-10-19(24(15)2)14-23-20(25)11-12-22-21(26)18-9-8-16-5-3-4-6-17(16)13-18/h3-10,13H,11-12,14H2,1-2H3,(H,22,26)(H,23,25). The van der Waals surface area contributed by atoms with Crippen LogP contribution in [0.2, 0.25) is 0 Å². The van der Waals surface area contributed by atoms with Gasteiger partial charge in [0, 0.05) is 37.0 Å². The average molecular weight is 349 g/mol. The summed E-state index contributed by atoms with van der Waals surface area (Å²) in [6, 6.07) is 17.5. The highest BCUT2D eigenvalue weighted by atomic mass is 16.2. The van der Waals surface area contributed by atoms with Crippen LogP contribution in [-0.4, -0.2) is 22.9 Å². The van der Waals surface area contributed by atoms with E-state index in [1.54, 1.807) is 6.07 Å². The lowest BCUT2D eigenvalue weighted by Gasteiger charge is -2.09. The van der Waals surface area contributed by atoms with E-state index in [0.717, 1.165) is 22.2 Å². The number of nitrogens with one attached hydrogen (secondary N) is 2. The summed E-state index contributed by atoms with van der Waals surface area (Å²) in [4.78, 5) is 24.2. The molecule has 0 saturated heterocycles. The van der Waals surface area contributed by atoms with Gasteiger partial charge in [0.25, 0.3) is 5.91 Å². The SMILES string of the molecule is Cc1ccc(CNC(=O)CCNC(=O)c2ccc3ccccc3c2)n1C. The number of amides is 2. The van der Waals surface area contributed by atoms with Crippen molar-refractivity contribution in [1.82, 2.24) is 15.2 Å². The highest BCUT2D eigenvalue weighted by Gasteiger charge is 2.08. The Labute approximate surface area is 153 Å². The first-order chi connectivity index (χ1) is 12.5. The minimum atomic E-state index is -0.165. The fourth-order valence-electron chi connectivity index (χ4n) is 2.84. The molecule has 3 aromatic rings. The molecular formula is C21H23N3O2. The Kier molecular flexibility index (Phi) is 5.37. The van der Waals surface area contributed by atoms with Crippen molar-refractivity contribution in [2.24, 2.45) is 7.05 Å². The zero-order valence-corrected chi connectivity index (χ0v) is 15.1. The number of carbonyl (C=O) groups is 2. The number of aromatic nitrogens is 1. The number of hydrogen-bond donors (Lipinski definition) is 2. The number of nitrogens with zero attached hydrogens (tertiary/aromatic N) is 1. The van der Waals surface area contributed by atoms with Crippen LogP contribution in [0.25, 0.3) is 10.8 Å². The van der Waals surface area contributed by atoms with Gasteiger partial charge in [0.15, 0.2) is 0 Å². The molecule has 26 heavy (non-hydrogen) atoms. The second kappa shape index (κ2) is 7.87. The third-order valence-corrected chi connectivity index (χ3v) is 4.59. The van der Waals surface area contributed by atoms with E-state index >= 15 is 0 Å². The summed E-state index contributed by atoms with van der Waals surface area (Å²) in [5.74, 6) is -0.246. The lowest BCUT2D eigenvalue weighted by molar-refractivity contribution is -0.121. The molecular weight excluding hydrogens is 326 g/mol. The number of rotatable bonds is 6. The van der Waals surface area contributed by atoms with E-state index in [1.165, 1.54) is 0 Å². The van der Waals surface area contributed by atoms with E-state index in [0.29, 0.717) is 18.7 Å². The molecule has 3 rings (SSSR count). The maximum Gasteiger partial charge on any atom is 0.251 e. The van der Waals surface area contributed by atoms with Gasteiger partial charge in [0.05, 0.1) is 6.54 Å². The Morgan fingerprint density at radius 1 is 0.962 bits per heavy atom. The van der Waals surface area contributed by atoms with Crippen LogP contribution in [0.3, 0.4) is 0 Å². The summed E-state index contributed by atoms with van der Waals surface area (Å²) < 4.78 is 2.04. The molecule has 0 aliphatic carbocycles. The first-order valence-corrected chi connectivity index (χ1v) is 8.69. The fraction of sp³-hybridized carbons (Fsp3) is 0.238. The normalized spacial score (nSPS) is 10.7. The van der Waals surface area contributed by atoms with Gasteiger partial charge < -0.3 is 15.2 Å². The first kappa shape index (κ1) is 17.7. The predicted molar refractivity (Wildman–Crippen MR) is 103 cm³/mol. The van der Waals surface area contributed by atoms with Crippen LogP contribution in [-0.2, 0) is 18.4 Å². The molecule has 0 fully saturated rings. The highest BCUT2D eigenvalue weighted by molar-refractivity contribution is 5.98. The van der Waals surface area contributed by atoms with Crippen molar-refractivity contribution in [2.45, 2.75) is 19.9 Å². The molecule has 0 aliphatic heterocycles. The van der Waals surface area contributed by atoms with Gasteiger partial charge in [0.1, 0.15) is 0 Å². The zero-order chi connectivity index (χ0) is 18.5. The molecule has 2 aromatic carbocycles. The zero-order valence-electron chi connectivity index (χ0n) is 15.1. The van der Waals surface area contributed by atoms with Gasteiger partial charge in [0.2, 0.25) is 5.91 Å². The Hall–Kier alpha value is -3.08. The number of benzene rings is 2. The number of fused-ring (bicyclic) bond motifs is 1. The Bertz CT molecular complexity index is 943. The van der Waals surface area contributed by atoms with Crippen molar-refractivity contribution >= 4 is 22.6 Å². The molecule has 0 unspecified atom stereocenters. The first-order valence-electron chi connectivity index (χ1n) is 8.69. The van der Waals surface area contributed by atoms with Gasteiger partial charge in [-0.3, -0.25) is 9.59 Å². The van der Waals surface area contributed by atoms with Gasteiger partial charge in [-0.2, -0.15) is 0 Å². The Morgan fingerprint density at radius 2 is 1.73 bits per heavy atom. The molecule has 2 amide bonds. The Morgan fingerprint density at radius 3 is 2.46 bits per heavy atom. The summed E-state index contributed by atoms with van der Waals surface area (Å²) in [5.41, 5.74) is 2.80. The Balaban J connectivity index is 1.46. The second-order valence-corrected chi connectivity index (χ2v) is 6.37.